The molecule has 3 fully saturated rings. The molecule has 0 aromatic heterocycles. The third-order valence-corrected chi connectivity index (χ3v) is 6.09. The fourth-order valence-electron chi connectivity index (χ4n) is 3.82. The molecule has 2 unspecified atom stereocenters. The van der Waals surface area contributed by atoms with Gasteiger partial charge in [0.2, 0.25) is 5.91 Å². The maximum Gasteiger partial charge on any atom is 0.237 e. The van der Waals surface area contributed by atoms with Crippen molar-refractivity contribution in [1.82, 2.24) is 9.80 Å². The molecular formula is C15H26N2O2S. The molecule has 0 aromatic carbocycles. The van der Waals surface area contributed by atoms with Gasteiger partial charge in [0, 0.05) is 30.9 Å². The molecule has 5 heteroatoms. The van der Waals surface area contributed by atoms with Gasteiger partial charge in [-0.3, -0.25) is 9.69 Å². The van der Waals surface area contributed by atoms with E-state index in [0.717, 1.165) is 25.0 Å². The molecular weight excluding hydrogens is 272 g/mol. The highest BCUT2D eigenvalue weighted by Crippen LogP contribution is 2.27. The smallest absolute Gasteiger partial charge is 0.237 e. The van der Waals surface area contributed by atoms with E-state index in [4.69, 9.17) is 0 Å². The third-order valence-electron chi connectivity index (χ3n) is 4.95. The lowest BCUT2D eigenvalue weighted by Crippen LogP contribution is -2.46. The predicted molar refractivity (Wildman–Crippen MR) is 81.9 cm³/mol. The summed E-state index contributed by atoms with van der Waals surface area (Å²) >= 11 is 1.97. The number of amides is 1. The highest BCUT2D eigenvalue weighted by atomic mass is 32.2. The van der Waals surface area contributed by atoms with Gasteiger partial charge >= 0.3 is 0 Å². The molecule has 0 aromatic rings. The number of aliphatic hydroxyl groups excluding tert-OH is 1. The molecule has 2 atom stereocenters. The molecule has 2 heterocycles. The van der Waals surface area contributed by atoms with E-state index in [9.17, 15) is 9.90 Å². The number of β-amino-alcohol motifs (C(OH)–C–C–N with tert-alkyl or cyclic N) is 1. The molecule has 3 rings (SSSR count). The van der Waals surface area contributed by atoms with Crippen molar-refractivity contribution in [3.63, 3.8) is 0 Å². The summed E-state index contributed by atoms with van der Waals surface area (Å²) in [5.41, 5.74) is 0. The van der Waals surface area contributed by atoms with Crippen LogP contribution in [0.4, 0.5) is 0 Å². The van der Waals surface area contributed by atoms with Gasteiger partial charge in [-0.15, -0.1) is 0 Å². The van der Waals surface area contributed by atoms with E-state index in [1.165, 1.54) is 25.0 Å². The Balaban J connectivity index is 1.66. The average molecular weight is 298 g/mol. The quantitative estimate of drug-likeness (QED) is 0.835. The van der Waals surface area contributed by atoms with Crippen molar-refractivity contribution >= 4 is 17.7 Å². The topological polar surface area (TPSA) is 43.8 Å². The van der Waals surface area contributed by atoms with Crippen LogP contribution in [0.3, 0.4) is 0 Å². The van der Waals surface area contributed by atoms with Crippen molar-refractivity contribution in [2.24, 2.45) is 0 Å². The Morgan fingerprint density at radius 2 is 1.85 bits per heavy atom. The Morgan fingerprint density at radius 1 is 1.05 bits per heavy atom. The molecule has 1 N–H and O–H groups in total. The van der Waals surface area contributed by atoms with Gasteiger partial charge in [0.15, 0.2) is 0 Å². The SMILES string of the molecule is O=C1CN(C2CCSC2)CC(O)CN1C1CCCCC1. The monoisotopic (exact) mass is 298 g/mol. The van der Waals surface area contributed by atoms with Crippen molar-refractivity contribution in [2.45, 2.75) is 56.7 Å². The van der Waals surface area contributed by atoms with Crippen LogP contribution < -0.4 is 0 Å². The Kier molecular flexibility index (Phi) is 4.89. The van der Waals surface area contributed by atoms with E-state index < -0.39 is 0 Å². The largest absolute Gasteiger partial charge is 0.390 e. The first-order valence-corrected chi connectivity index (χ1v) is 9.19. The summed E-state index contributed by atoms with van der Waals surface area (Å²) in [7, 11) is 0. The summed E-state index contributed by atoms with van der Waals surface area (Å²) in [6.45, 7) is 1.72. The van der Waals surface area contributed by atoms with E-state index in [1.807, 2.05) is 16.7 Å². The fraction of sp³-hybridized carbons (Fsp3) is 0.933. The summed E-state index contributed by atoms with van der Waals surface area (Å²) in [4.78, 5) is 16.8. The van der Waals surface area contributed by atoms with Gasteiger partial charge in [-0.25, -0.2) is 0 Å². The summed E-state index contributed by atoms with van der Waals surface area (Å²) in [6, 6.07) is 0.869. The van der Waals surface area contributed by atoms with Crippen molar-refractivity contribution in [3.05, 3.63) is 0 Å². The molecule has 20 heavy (non-hydrogen) atoms. The average Bonchev–Trinajstić information content (AvgIpc) is 2.94. The van der Waals surface area contributed by atoms with Crippen LogP contribution >= 0.6 is 11.8 Å². The Bertz CT molecular complexity index is 341. The van der Waals surface area contributed by atoms with Crippen molar-refractivity contribution < 1.29 is 9.90 Å². The minimum Gasteiger partial charge on any atom is -0.390 e. The minimum absolute atomic E-state index is 0.241. The zero-order chi connectivity index (χ0) is 13.9. The number of carbonyl (C=O) groups is 1. The number of nitrogens with zero attached hydrogens (tertiary/aromatic N) is 2. The lowest BCUT2D eigenvalue weighted by Gasteiger charge is -2.34. The van der Waals surface area contributed by atoms with Crippen LogP contribution in [0.1, 0.15) is 38.5 Å². The number of carbonyl (C=O) groups excluding carboxylic acids is 1. The Hall–Kier alpha value is -0.260. The normalized spacial score (nSPS) is 34.5. The maximum atomic E-state index is 12.6. The summed E-state index contributed by atoms with van der Waals surface area (Å²) in [6.07, 6.45) is 6.78. The maximum absolute atomic E-state index is 12.6. The van der Waals surface area contributed by atoms with Crippen LogP contribution in [0.5, 0.6) is 0 Å². The molecule has 3 aliphatic rings. The number of hydrogen-bond donors (Lipinski definition) is 1. The van der Waals surface area contributed by atoms with E-state index in [1.54, 1.807) is 0 Å². The second kappa shape index (κ2) is 6.67. The third kappa shape index (κ3) is 3.31. The van der Waals surface area contributed by atoms with Crippen LogP contribution in [-0.2, 0) is 4.79 Å². The van der Waals surface area contributed by atoms with Gasteiger partial charge < -0.3 is 10.0 Å². The zero-order valence-corrected chi connectivity index (χ0v) is 13.0. The van der Waals surface area contributed by atoms with E-state index in [2.05, 4.69) is 4.90 Å². The Labute approximate surface area is 125 Å². The van der Waals surface area contributed by atoms with E-state index in [-0.39, 0.29) is 12.0 Å². The number of rotatable bonds is 2. The second-order valence-electron chi connectivity index (χ2n) is 6.44. The van der Waals surface area contributed by atoms with Crippen LogP contribution in [0.15, 0.2) is 0 Å². The predicted octanol–water partition coefficient (Wildman–Crippen LogP) is 1.33. The first-order chi connectivity index (χ1) is 9.74. The second-order valence-corrected chi connectivity index (χ2v) is 7.59. The van der Waals surface area contributed by atoms with Crippen LogP contribution in [0, 0.1) is 0 Å². The zero-order valence-electron chi connectivity index (χ0n) is 12.2. The lowest BCUT2D eigenvalue weighted by atomic mass is 9.94. The summed E-state index contributed by atoms with van der Waals surface area (Å²) in [5.74, 6) is 2.55. The minimum atomic E-state index is -0.381. The standard InChI is InChI=1S/C15H26N2O2S/c18-14-8-16(13-6-7-20-11-13)10-15(19)17(9-14)12-4-2-1-3-5-12/h12-14,18H,1-11H2. The first kappa shape index (κ1) is 14.7. The number of hydrogen-bond acceptors (Lipinski definition) is 4. The molecule has 0 spiro atoms. The molecule has 114 valence electrons. The molecule has 1 saturated carbocycles. The van der Waals surface area contributed by atoms with Gasteiger partial charge in [-0.2, -0.15) is 11.8 Å². The van der Waals surface area contributed by atoms with E-state index in [0.29, 0.717) is 31.7 Å². The number of thioether (sulfide) groups is 1. The lowest BCUT2D eigenvalue weighted by molar-refractivity contribution is -0.134. The molecule has 0 radical (unpaired) electrons. The summed E-state index contributed by atoms with van der Waals surface area (Å²) < 4.78 is 0. The van der Waals surface area contributed by atoms with Gasteiger partial charge in [0.05, 0.1) is 12.6 Å². The van der Waals surface area contributed by atoms with Gasteiger partial charge in [-0.1, -0.05) is 19.3 Å². The van der Waals surface area contributed by atoms with E-state index >= 15 is 0 Å². The van der Waals surface area contributed by atoms with Crippen molar-refractivity contribution in [3.8, 4) is 0 Å². The molecule has 1 amide bonds. The molecule has 4 nitrogen and oxygen atoms in total. The molecule has 0 bridgehead atoms. The highest BCUT2D eigenvalue weighted by Gasteiger charge is 2.35. The van der Waals surface area contributed by atoms with Gasteiger partial charge in [-0.05, 0) is 25.0 Å². The van der Waals surface area contributed by atoms with Crippen molar-refractivity contribution in [1.29, 1.82) is 0 Å². The molecule has 2 saturated heterocycles. The molecule has 2 aliphatic heterocycles. The number of aliphatic hydroxyl groups is 1. The van der Waals surface area contributed by atoms with Crippen molar-refractivity contribution in [2.75, 3.05) is 31.1 Å². The fourth-order valence-corrected chi connectivity index (χ4v) is 5.08. The van der Waals surface area contributed by atoms with Gasteiger partial charge in [0.1, 0.15) is 0 Å². The molecule has 1 aliphatic carbocycles. The Morgan fingerprint density at radius 3 is 2.55 bits per heavy atom. The van der Waals surface area contributed by atoms with Crippen LogP contribution in [0.2, 0.25) is 0 Å². The highest BCUT2D eigenvalue weighted by molar-refractivity contribution is 7.99. The first-order valence-electron chi connectivity index (χ1n) is 8.03. The summed E-state index contributed by atoms with van der Waals surface area (Å²) in [5, 5.41) is 10.3. The van der Waals surface area contributed by atoms with Gasteiger partial charge in [0.25, 0.3) is 0 Å². The van der Waals surface area contributed by atoms with Crippen LogP contribution in [-0.4, -0.2) is 70.1 Å². The van der Waals surface area contributed by atoms with Crippen LogP contribution in [0.25, 0.3) is 0 Å².